The van der Waals surface area contributed by atoms with Crippen LogP contribution in [0.2, 0.25) is 5.02 Å². The Morgan fingerprint density at radius 2 is 2.21 bits per heavy atom. The van der Waals surface area contributed by atoms with Gasteiger partial charge in [-0.25, -0.2) is 4.21 Å². The van der Waals surface area contributed by atoms with Gasteiger partial charge in [-0.05, 0) is 30.2 Å². The molecular formula is C9H10ClFO2S. The van der Waals surface area contributed by atoms with E-state index in [1.807, 2.05) is 0 Å². The van der Waals surface area contributed by atoms with E-state index in [1.165, 1.54) is 12.1 Å². The SMILES string of the molecule is Cc1c(Cl)cc(S(=O)O)cc1CCF. The first-order valence-corrected chi connectivity index (χ1v) is 5.50. The smallest absolute Gasteiger partial charge is 0.186 e. The molecule has 0 aliphatic carbocycles. The van der Waals surface area contributed by atoms with E-state index in [-0.39, 0.29) is 11.3 Å². The lowest BCUT2D eigenvalue weighted by atomic mass is 10.1. The van der Waals surface area contributed by atoms with Crippen molar-refractivity contribution < 1.29 is 13.2 Å². The van der Waals surface area contributed by atoms with Crippen LogP contribution in [0.3, 0.4) is 0 Å². The normalized spacial score (nSPS) is 12.9. The fourth-order valence-electron chi connectivity index (χ4n) is 1.17. The van der Waals surface area contributed by atoms with Gasteiger partial charge in [0.25, 0.3) is 0 Å². The van der Waals surface area contributed by atoms with E-state index >= 15 is 0 Å². The maximum absolute atomic E-state index is 12.1. The molecule has 2 nitrogen and oxygen atoms in total. The third kappa shape index (κ3) is 2.53. The van der Waals surface area contributed by atoms with Crippen LogP contribution in [0.25, 0.3) is 0 Å². The van der Waals surface area contributed by atoms with Crippen molar-refractivity contribution >= 4 is 22.7 Å². The first-order valence-electron chi connectivity index (χ1n) is 4.02. The van der Waals surface area contributed by atoms with Crippen molar-refractivity contribution in [2.45, 2.75) is 18.2 Å². The molecule has 0 amide bonds. The molecule has 0 aromatic heterocycles. The van der Waals surface area contributed by atoms with Crippen LogP contribution in [0, 0.1) is 6.92 Å². The standard InChI is InChI=1S/C9H10ClFO2S/c1-6-7(2-3-11)4-8(14(12)13)5-9(6)10/h4-5H,2-3H2,1H3,(H,12,13). The first-order chi connectivity index (χ1) is 6.56. The molecule has 0 radical (unpaired) electrons. The highest BCUT2D eigenvalue weighted by molar-refractivity contribution is 7.79. The summed E-state index contributed by atoms with van der Waals surface area (Å²) >= 11 is 3.76. The number of rotatable bonds is 3. The van der Waals surface area contributed by atoms with Crippen LogP contribution in [0.1, 0.15) is 11.1 Å². The molecule has 0 aliphatic rings. The topological polar surface area (TPSA) is 37.3 Å². The van der Waals surface area contributed by atoms with Crippen LogP contribution in [0.15, 0.2) is 17.0 Å². The number of alkyl halides is 1. The zero-order valence-corrected chi connectivity index (χ0v) is 9.16. The van der Waals surface area contributed by atoms with Crippen LogP contribution in [-0.2, 0) is 17.5 Å². The van der Waals surface area contributed by atoms with Crippen LogP contribution in [-0.4, -0.2) is 15.4 Å². The number of benzene rings is 1. The zero-order valence-electron chi connectivity index (χ0n) is 7.59. The Kier molecular flexibility index (Phi) is 4.04. The summed E-state index contributed by atoms with van der Waals surface area (Å²) in [5, 5.41) is 0.397. The minimum Gasteiger partial charge on any atom is -0.302 e. The molecule has 0 bridgehead atoms. The predicted octanol–water partition coefficient (Wildman–Crippen LogP) is 2.74. The highest BCUT2D eigenvalue weighted by Crippen LogP contribution is 2.23. The molecule has 1 N–H and O–H groups in total. The van der Waals surface area contributed by atoms with Crippen LogP contribution in [0.5, 0.6) is 0 Å². The fourth-order valence-corrected chi connectivity index (χ4v) is 1.94. The van der Waals surface area contributed by atoms with E-state index < -0.39 is 17.8 Å². The van der Waals surface area contributed by atoms with Gasteiger partial charge in [0.1, 0.15) is 0 Å². The third-order valence-corrected chi connectivity index (χ3v) is 3.02. The average molecular weight is 237 g/mol. The van der Waals surface area contributed by atoms with Gasteiger partial charge >= 0.3 is 0 Å². The Bertz CT molecular complexity index is 368. The van der Waals surface area contributed by atoms with Gasteiger partial charge in [0.15, 0.2) is 11.1 Å². The van der Waals surface area contributed by atoms with Crippen LogP contribution >= 0.6 is 11.6 Å². The van der Waals surface area contributed by atoms with Gasteiger partial charge < -0.3 is 4.55 Å². The predicted molar refractivity (Wildman–Crippen MR) is 54.9 cm³/mol. The summed E-state index contributed by atoms with van der Waals surface area (Å²) in [6, 6.07) is 2.94. The summed E-state index contributed by atoms with van der Waals surface area (Å²) in [6.07, 6.45) is 0.219. The summed E-state index contributed by atoms with van der Waals surface area (Å²) in [5.74, 6) is 0. The van der Waals surface area contributed by atoms with Crippen LogP contribution in [0.4, 0.5) is 4.39 Å². The van der Waals surface area contributed by atoms with Gasteiger partial charge in [-0.1, -0.05) is 11.6 Å². The van der Waals surface area contributed by atoms with Crippen molar-refractivity contribution in [1.29, 1.82) is 0 Å². The largest absolute Gasteiger partial charge is 0.302 e. The lowest BCUT2D eigenvalue weighted by molar-refractivity contribution is 0.494. The maximum Gasteiger partial charge on any atom is 0.186 e. The van der Waals surface area contributed by atoms with E-state index in [0.717, 1.165) is 5.56 Å². The fraction of sp³-hybridized carbons (Fsp3) is 0.333. The monoisotopic (exact) mass is 236 g/mol. The van der Waals surface area contributed by atoms with Gasteiger partial charge in [-0.3, -0.25) is 4.39 Å². The summed E-state index contributed by atoms with van der Waals surface area (Å²) in [6.45, 7) is 1.26. The zero-order chi connectivity index (χ0) is 10.7. The number of aryl methyl sites for hydroxylation is 1. The van der Waals surface area contributed by atoms with E-state index in [0.29, 0.717) is 10.6 Å². The number of halogens is 2. The second-order valence-corrected chi connectivity index (χ2v) is 4.25. The average Bonchev–Trinajstić information content (AvgIpc) is 2.12. The molecule has 1 rings (SSSR count). The molecule has 1 aromatic carbocycles. The Morgan fingerprint density at radius 3 is 2.71 bits per heavy atom. The Morgan fingerprint density at radius 1 is 1.57 bits per heavy atom. The molecule has 0 heterocycles. The summed E-state index contributed by atoms with van der Waals surface area (Å²) in [4.78, 5) is 0.212. The molecule has 0 fully saturated rings. The van der Waals surface area contributed by atoms with Gasteiger partial charge in [0, 0.05) is 11.4 Å². The van der Waals surface area contributed by atoms with Crippen LogP contribution < -0.4 is 0 Å². The lowest BCUT2D eigenvalue weighted by Crippen LogP contribution is -1.97. The molecule has 0 saturated heterocycles. The summed E-state index contributed by atoms with van der Waals surface area (Å²) < 4.78 is 31.8. The van der Waals surface area contributed by atoms with Crippen molar-refractivity contribution in [3.63, 3.8) is 0 Å². The van der Waals surface area contributed by atoms with E-state index in [2.05, 4.69) is 0 Å². The third-order valence-electron chi connectivity index (χ3n) is 1.99. The summed E-state index contributed by atoms with van der Waals surface area (Å²) in [7, 11) is 0. The van der Waals surface area contributed by atoms with Crippen molar-refractivity contribution in [1.82, 2.24) is 0 Å². The van der Waals surface area contributed by atoms with E-state index in [1.54, 1.807) is 6.92 Å². The quantitative estimate of drug-likeness (QED) is 0.820. The van der Waals surface area contributed by atoms with E-state index in [9.17, 15) is 8.60 Å². The van der Waals surface area contributed by atoms with Crippen molar-refractivity contribution in [3.05, 3.63) is 28.3 Å². The molecule has 1 atom stereocenters. The maximum atomic E-state index is 12.1. The molecular weight excluding hydrogens is 227 g/mol. The molecule has 78 valence electrons. The lowest BCUT2D eigenvalue weighted by Gasteiger charge is -2.07. The molecule has 0 aliphatic heterocycles. The highest BCUT2D eigenvalue weighted by atomic mass is 35.5. The van der Waals surface area contributed by atoms with Gasteiger partial charge in [-0.2, -0.15) is 0 Å². The number of hydrogen-bond donors (Lipinski definition) is 1. The molecule has 14 heavy (non-hydrogen) atoms. The first kappa shape index (κ1) is 11.6. The minimum atomic E-state index is -2.07. The minimum absolute atomic E-state index is 0.212. The highest BCUT2D eigenvalue weighted by Gasteiger charge is 2.08. The second kappa shape index (κ2) is 4.87. The number of hydrogen-bond acceptors (Lipinski definition) is 1. The Labute approximate surface area is 89.4 Å². The van der Waals surface area contributed by atoms with E-state index in [4.69, 9.17) is 16.2 Å². The van der Waals surface area contributed by atoms with Gasteiger partial charge in [-0.15, -0.1) is 0 Å². The molecule has 1 unspecified atom stereocenters. The molecule has 0 spiro atoms. The molecule has 1 aromatic rings. The van der Waals surface area contributed by atoms with Gasteiger partial charge in [0.2, 0.25) is 0 Å². The van der Waals surface area contributed by atoms with Crippen molar-refractivity contribution in [2.24, 2.45) is 0 Å². The molecule has 0 saturated carbocycles. The van der Waals surface area contributed by atoms with Crippen molar-refractivity contribution in [2.75, 3.05) is 6.67 Å². The summed E-state index contributed by atoms with van der Waals surface area (Å²) in [5.41, 5.74) is 1.44. The Hall–Kier alpha value is -0.450. The second-order valence-electron chi connectivity index (χ2n) is 2.88. The van der Waals surface area contributed by atoms with Crippen molar-refractivity contribution in [3.8, 4) is 0 Å². The molecule has 5 heteroatoms. The Balaban J connectivity index is 3.20. The van der Waals surface area contributed by atoms with Gasteiger partial charge in [0.05, 0.1) is 11.6 Å².